The molecule has 0 amide bonds. The molecule has 2 aromatic heterocycles. The summed E-state index contributed by atoms with van der Waals surface area (Å²) < 4.78 is 5.76. The topological polar surface area (TPSA) is 72.1 Å². The van der Waals surface area contributed by atoms with Crippen molar-refractivity contribution in [3.63, 3.8) is 0 Å². The van der Waals surface area contributed by atoms with Crippen molar-refractivity contribution in [1.29, 1.82) is 0 Å². The Hall–Kier alpha value is -2.24. The van der Waals surface area contributed by atoms with Crippen LogP contribution in [0.15, 0.2) is 28.9 Å². The van der Waals surface area contributed by atoms with Gasteiger partial charge in [-0.25, -0.2) is 0 Å². The molecule has 2 fully saturated rings. The minimum Gasteiger partial charge on any atom is -0.408 e. The van der Waals surface area contributed by atoms with Crippen LogP contribution < -0.4 is 4.90 Å². The molecular weight excluding hydrogens is 280 g/mol. The summed E-state index contributed by atoms with van der Waals surface area (Å²) >= 11 is 0. The highest BCUT2D eigenvalue weighted by Crippen LogP contribution is 2.40. The fraction of sp³-hybridized carbons (Fsp3) is 0.500. The number of ketones is 1. The first-order valence-corrected chi connectivity index (χ1v) is 7.84. The molecule has 22 heavy (non-hydrogen) atoms. The van der Waals surface area contributed by atoms with Gasteiger partial charge in [0, 0.05) is 42.9 Å². The lowest BCUT2D eigenvalue weighted by Gasteiger charge is -2.30. The van der Waals surface area contributed by atoms with Gasteiger partial charge in [0.05, 0.1) is 0 Å². The van der Waals surface area contributed by atoms with Gasteiger partial charge < -0.3 is 9.32 Å². The molecule has 4 rings (SSSR count). The van der Waals surface area contributed by atoms with Gasteiger partial charge >= 0.3 is 6.01 Å². The van der Waals surface area contributed by atoms with Gasteiger partial charge in [0.1, 0.15) is 0 Å². The Morgan fingerprint density at radius 1 is 1.27 bits per heavy atom. The second-order valence-corrected chi connectivity index (χ2v) is 6.09. The van der Waals surface area contributed by atoms with Gasteiger partial charge in [-0.3, -0.25) is 9.78 Å². The number of pyridine rings is 1. The normalized spacial score (nSPS) is 21.8. The Labute approximate surface area is 128 Å². The fourth-order valence-electron chi connectivity index (χ4n) is 2.96. The number of Topliss-reactive ketones (excluding diaryl/α,β-unsaturated/α-hetero) is 1. The van der Waals surface area contributed by atoms with Crippen LogP contribution in [0, 0.1) is 5.92 Å². The number of hydrogen-bond donors (Lipinski definition) is 0. The maximum atomic E-state index is 12.6. The molecule has 1 atom stereocenters. The maximum absolute atomic E-state index is 12.6. The predicted molar refractivity (Wildman–Crippen MR) is 79.8 cm³/mol. The molecule has 1 unspecified atom stereocenters. The zero-order valence-corrected chi connectivity index (χ0v) is 12.3. The van der Waals surface area contributed by atoms with Crippen LogP contribution in [0.2, 0.25) is 0 Å². The van der Waals surface area contributed by atoms with Crippen molar-refractivity contribution in [3.8, 4) is 0 Å². The van der Waals surface area contributed by atoms with E-state index >= 15 is 0 Å². The van der Waals surface area contributed by atoms with E-state index in [1.54, 1.807) is 18.5 Å². The second-order valence-electron chi connectivity index (χ2n) is 6.09. The lowest BCUT2D eigenvalue weighted by Crippen LogP contribution is -2.39. The van der Waals surface area contributed by atoms with E-state index in [1.165, 1.54) is 0 Å². The van der Waals surface area contributed by atoms with E-state index in [1.807, 2.05) is 11.0 Å². The molecule has 0 radical (unpaired) electrons. The minimum absolute atomic E-state index is 0.0331. The molecule has 0 spiro atoms. The zero-order chi connectivity index (χ0) is 14.9. The Morgan fingerprint density at radius 3 is 2.95 bits per heavy atom. The molecule has 0 aromatic carbocycles. The van der Waals surface area contributed by atoms with E-state index in [0.717, 1.165) is 38.1 Å². The van der Waals surface area contributed by atoms with E-state index < -0.39 is 0 Å². The van der Waals surface area contributed by atoms with Gasteiger partial charge in [-0.1, -0.05) is 5.10 Å². The Balaban J connectivity index is 1.48. The van der Waals surface area contributed by atoms with Crippen molar-refractivity contribution in [2.75, 3.05) is 18.0 Å². The highest BCUT2D eigenvalue weighted by Gasteiger charge is 2.32. The molecule has 2 aliphatic rings. The molecule has 1 saturated carbocycles. The first kappa shape index (κ1) is 13.4. The summed E-state index contributed by atoms with van der Waals surface area (Å²) in [7, 11) is 0. The quantitative estimate of drug-likeness (QED) is 0.807. The largest absolute Gasteiger partial charge is 0.408 e. The molecular formula is C16H18N4O2. The fourth-order valence-corrected chi connectivity index (χ4v) is 2.96. The van der Waals surface area contributed by atoms with Gasteiger partial charge in [-0.05, 0) is 37.8 Å². The highest BCUT2D eigenvalue weighted by molar-refractivity contribution is 5.97. The van der Waals surface area contributed by atoms with Crippen molar-refractivity contribution < 1.29 is 9.21 Å². The van der Waals surface area contributed by atoms with Crippen molar-refractivity contribution >= 4 is 11.8 Å². The molecule has 0 bridgehead atoms. The summed E-state index contributed by atoms with van der Waals surface area (Å²) in [6, 6.07) is 4.19. The number of hydrogen-bond acceptors (Lipinski definition) is 6. The van der Waals surface area contributed by atoms with Crippen molar-refractivity contribution in [2.45, 2.75) is 31.6 Å². The summed E-state index contributed by atoms with van der Waals surface area (Å²) in [5, 5.41) is 8.28. The smallest absolute Gasteiger partial charge is 0.318 e. The van der Waals surface area contributed by atoms with Crippen LogP contribution in [-0.4, -0.2) is 34.1 Å². The molecule has 1 aliphatic carbocycles. The molecule has 3 heterocycles. The number of aromatic nitrogens is 3. The number of piperidine rings is 1. The number of carbonyl (C=O) groups excluding carboxylic acids is 1. The summed E-state index contributed by atoms with van der Waals surface area (Å²) in [4.78, 5) is 18.6. The average molecular weight is 298 g/mol. The zero-order valence-electron chi connectivity index (χ0n) is 12.3. The van der Waals surface area contributed by atoms with E-state index in [-0.39, 0.29) is 11.7 Å². The van der Waals surface area contributed by atoms with Gasteiger partial charge in [0.15, 0.2) is 5.78 Å². The first-order valence-electron chi connectivity index (χ1n) is 7.84. The second kappa shape index (κ2) is 5.51. The molecule has 1 aliphatic heterocycles. The molecule has 1 saturated heterocycles. The highest BCUT2D eigenvalue weighted by atomic mass is 16.4. The molecule has 6 nitrogen and oxygen atoms in total. The summed E-state index contributed by atoms with van der Waals surface area (Å²) in [5.41, 5.74) is 0.679. The third-order valence-corrected chi connectivity index (χ3v) is 4.37. The summed E-state index contributed by atoms with van der Waals surface area (Å²) in [5.74, 6) is 1.32. The van der Waals surface area contributed by atoms with Gasteiger partial charge in [0.25, 0.3) is 0 Å². The molecule has 6 heteroatoms. The number of carbonyl (C=O) groups is 1. The SMILES string of the molecule is O=C(c1cccnc1)C1CCCN(c2nnc(C3CC3)o2)C1. The molecule has 0 N–H and O–H groups in total. The van der Waals surface area contributed by atoms with Crippen LogP contribution in [0.5, 0.6) is 0 Å². The van der Waals surface area contributed by atoms with Crippen LogP contribution in [0.1, 0.15) is 47.8 Å². The van der Waals surface area contributed by atoms with Gasteiger partial charge in [0.2, 0.25) is 5.89 Å². The van der Waals surface area contributed by atoms with Gasteiger partial charge in [-0.15, -0.1) is 5.10 Å². The van der Waals surface area contributed by atoms with E-state index in [0.29, 0.717) is 24.0 Å². The summed E-state index contributed by atoms with van der Waals surface area (Å²) in [6.07, 6.45) is 7.46. The first-order chi connectivity index (χ1) is 10.8. The van der Waals surface area contributed by atoms with Crippen LogP contribution in [-0.2, 0) is 0 Å². The van der Waals surface area contributed by atoms with E-state index in [4.69, 9.17) is 4.42 Å². The third-order valence-electron chi connectivity index (χ3n) is 4.37. The van der Waals surface area contributed by atoms with Gasteiger partial charge in [-0.2, -0.15) is 0 Å². The number of anilines is 1. The maximum Gasteiger partial charge on any atom is 0.318 e. The van der Waals surface area contributed by atoms with Crippen LogP contribution >= 0.6 is 0 Å². The van der Waals surface area contributed by atoms with Crippen molar-refractivity contribution in [3.05, 3.63) is 36.0 Å². The minimum atomic E-state index is -0.0331. The molecule has 114 valence electrons. The van der Waals surface area contributed by atoms with E-state index in [2.05, 4.69) is 15.2 Å². The number of rotatable bonds is 4. The summed E-state index contributed by atoms with van der Waals surface area (Å²) in [6.45, 7) is 1.50. The molecule has 2 aromatic rings. The van der Waals surface area contributed by atoms with E-state index in [9.17, 15) is 4.79 Å². The van der Waals surface area contributed by atoms with Crippen molar-refractivity contribution in [1.82, 2.24) is 15.2 Å². The third kappa shape index (κ3) is 2.61. The van der Waals surface area contributed by atoms with Crippen LogP contribution in [0.4, 0.5) is 6.01 Å². The standard InChI is InChI=1S/C16H18N4O2/c21-14(12-3-1-7-17-9-12)13-4-2-8-20(10-13)16-19-18-15(22-16)11-5-6-11/h1,3,7,9,11,13H,2,4-6,8,10H2. The lowest BCUT2D eigenvalue weighted by molar-refractivity contribution is 0.0905. The van der Waals surface area contributed by atoms with Crippen molar-refractivity contribution in [2.24, 2.45) is 5.92 Å². The Bertz CT molecular complexity index is 666. The lowest BCUT2D eigenvalue weighted by atomic mass is 9.91. The average Bonchev–Trinajstić information content (AvgIpc) is 3.32. The Morgan fingerprint density at radius 2 is 2.18 bits per heavy atom. The predicted octanol–water partition coefficient (Wildman–Crippen LogP) is 2.44. The van der Waals surface area contributed by atoms with Crippen LogP contribution in [0.25, 0.3) is 0 Å². The van der Waals surface area contributed by atoms with Crippen LogP contribution in [0.3, 0.4) is 0 Å². The monoisotopic (exact) mass is 298 g/mol. The Kier molecular flexibility index (Phi) is 3.36. The number of nitrogens with zero attached hydrogens (tertiary/aromatic N) is 4.